The Kier molecular flexibility index (Phi) is 3.05. The van der Waals surface area contributed by atoms with Crippen molar-refractivity contribution >= 4 is 6.08 Å². The van der Waals surface area contributed by atoms with Crippen LogP contribution in [0.5, 0.6) is 11.5 Å². The van der Waals surface area contributed by atoms with E-state index in [1.807, 2.05) is 6.07 Å². The highest BCUT2D eigenvalue weighted by Gasteiger charge is 2.39. The van der Waals surface area contributed by atoms with E-state index in [4.69, 9.17) is 10.00 Å². The first-order valence-corrected chi connectivity index (χ1v) is 5.57. The SMILES string of the molecule is COc1cc(C2(N=C=O)CCC2)cc(C#N)c1O. The molecule has 2 rings (SSSR count). The molecule has 1 aliphatic rings. The largest absolute Gasteiger partial charge is 0.503 e. The van der Waals surface area contributed by atoms with Crippen LogP contribution < -0.4 is 4.74 Å². The molecule has 1 aromatic carbocycles. The Bertz CT molecular complexity index is 564. The number of hydrogen-bond donors (Lipinski definition) is 1. The van der Waals surface area contributed by atoms with Gasteiger partial charge in [-0.3, -0.25) is 0 Å². The Hall–Kier alpha value is -2.31. The van der Waals surface area contributed by atoms with Crippen LogP contribution >= 0.6 is 0 Å². The molecule has 1 aromatic rings. The molecule has 0 aliphatic heterocycles. The molecule has 0 unspecified atom stereocenters. The molecule has 0 radical (unpaired) electrons. The summed E-state index contributed by atoms with van der Waals surface area (Å²) in [6, 6.07) is 5.08. The molecule has 1 fully saturated rings. The topological polar surface area (TPSA) is 82.7 Å². The molecule has 0 atom stereocenters. The van der Waals surface area contributed by atoms with E-state index in [0.29, 0.717) is 5.56 Å². The Morgan fingerprint density at radius 2 is 2.22 bits per heavy atom. The van der Waals surface area contributed by atoms with Crippen molar-refractivity contribution in [3.63, 3.8) is 0 Å². The summed E-state index contributed by atoms with van der Waals surface area (Å²) in [6.07, 6.45) is 4.03. The van der Waals surface area contributed by atoms with Crippen LogP contribution in [0.3, 0.4) is 0 Å². The Labute approximate surface area is 104 Å². The number of benzene rings is 1. The third-order valence-corrected chi connectivity index (χ3v) is 3.39. The summed E-state index contributed by atoms with van der Waals surface area (Å²) in [7, 11) is 1.41. The fourth-order valence-corrected chi connectivity index (χ4v) is 2.18. The van der Waals surface area contributed by atoms with Gasteiger partial charge < -0.3 is 9.84 Å². The van der Waals surface area contributed by atoms with Crippen molar-refractivity contribution in [1.29, 1.82) is 5.26 Å². The second-order valence-corrected chi connectivity index (χ2v) is 4.27. The summed E-state index contributed by atoms with van der Waals surface area (Å²) in [5.41, 5.74) is 0.231. The summed E-state index contributed by atoms with van der Waals surface area (Å²) in [6.45, 7) is 0. The number of methoxy groups -OCH3 is 1. The molecule has 0 heterocycles. The van der Waals surface area contributed by atoms with Crippen molar-refractivity contribution in [2.24, 2.45) is 4.99 Å². The number of aliphatic imine (C=N–C) groups is 1. The zero-order chi connectivity index (χ0) is 13.2. The minimum Gasteiger partial charge on any atom is -0.503 e. The van der Waals surface area contributed by atoms with Crippen molar-refractivity contribution < 1.29 is 14.6 Å². The lowest BCUT2D eigenvalue weighted by molar-refractivity contribution is 0.254. The smallest absolute Gasteiger partial charge is 0.235 e. The first-order valence-electron chi connectivity index (χ1n) is 5.57. The van der Waals surface area contributed by atoms with Gasteiger partial charge >= 0.3 is 0 Å². The fourth-order valence-electron chi connectivity index (χ4n) is 2.18. The molecule has 5 nitrogen and oxygen atoms in total. The van der Waals surface area contributed by atoms with Gasteiger partial charge in [-0.25, -0.2) is 4.79 Å². The van der Waals surface area contributed by atoms with Gasteiger partial charge in [-0.05, 0) is 37.0 Å². The molecule has 1 aliphatic carbocycles. The highest BCUT2D eigenvalue weighted by Crippen LogP contribution is 2.47. The Morgan fingerprint density at radius 3 is 2.67 bits per heavy atom. The van der Waals surface area contributed by atoms with Crippen LogP contribution in [0.4, 0.5) is 0 Å². The first kappa shape index (κ1) is 12.2. The minimum absolute atomic E-state index is 0.122. The third-order valence-electron chi connectivity index (χ3n) is 3.39. The molecule has 1 saturated carbocycles. The van der Waals surface area contributed by atoms with Gasteiger partial charge in [0.2, 0.25) is 6.08 Å². The summed E-state index contributed by atoms with van der Waals surface area (Å²) >= 11 is 0. The molecule has 18 heavy (non-hydrogen) atoms. The van der Waals surface area contributed by atoms with E-state index in [1.54, 1.807) is 18.2 Å². The van der Waals surface area contributed by atoms with Gasteiger partial charge in [0.15, 0.2) is 11.5 Å². The van der Waals surface area contributed by atoms with Gasteiger partial charge in [-0.2, -0.15) is 10.3 Å². The van der Waals surface area contributed by atoms with E-state index in [-0.39, 0.29) is 17.1 Å². The summed E-state index contributed by atoms with van der Waals surface area (Å²) in [5.74, 6) is 0.0322. The van der Waals surface area contributed by atoms with Crippen LogP contribution in [0, 0.1) is 11.3 Å². The fraction of sp³-hybridized carbons (Fsp3) is 0.385. The second-order valence-electron chi connectivity index (χ2n) is 4.27. The van der Waals surface area contributed by atoms with Crippen LogP contribution in [0.15, 0.2) is 17.1 Å². The second kappa shape index (κ2) is 4.52. The van der Waals surface area contributed by atoms with E-state index < -0.39 is 5.54 Å². The molecule has 0 saturated heterocycles. The lowest BCUT2D eigenvalue weighted by Crippen LogP contribution is -2.32. The van der Waals surface area contributed by atoms with Crippen molar-refractivity contribution in [3.8, 4) is 17.6 Å². The summed E-state index contributed by atoms with van der Waals surface area (Å²) in [5, 5.41) is 18.7. The van der Waals surface area contributed by atoms with Gasteiger partial charge in [0.1, 0.15) is 6.07 Å². The van der Waals surface area contributed by atoms with Crippen LogP contribution in [-0.2, 0) is 10.3 Å². The molecule has 5 heteroatoms. The predicted octanol–water partition coefficient (Wildman–Crippen LogP) is 1.99. The van der Waals surface area contributed by atoms with Crippen molar-refractivity contribution in [2.45, 2.75) is 24.8 Å². The number of nitriles is 1. The maximum Gasteiger partial charge on any atom is 0.235 e. The molecular weight excluding hydrogens is 232 g/mol. The number of carbonyl (C=O) groups excluding carboxylic acids is 1. The maximum absolute atomic E-state index is 10.5. The molecular formula is C13H12N2O3. The summed E-state index contributed by atoms with van der Waals surface area (Å²) < 4.78 is 5.03. The van der Waals surface area contributed by atoms with Gasteiger partial charge in [-0.15, -0.1) is 0 Å². The number of hydrogen-bond acceptors (Lipinski definition) is 5. The van der Waals surface area contributed by atoms with Crippen molar-refractivity contribution in [3.05, 3.63) is 23.3 Å². The van der Waals surface area contributed by atoms with E-state index in [1.165, 1.54) is 7.11 Å². The first-order chi connectivity index (χ1) is 8.66. The number of rotatable bonds is 3. The average molecular weight is 244 g/mol. The van der Waals surface area contributed by atoms with Crippen LogP contribution in [0.2, 0.25) is 0 Å². The van der Waals surface area contributed by atoms with E-state index in [0.717, 1.165) is 19.3 Å². The van der Waals surface area contributed by atoms with Crippen LogP contribution in [0.25, 0.3) is 0 Å². The van der Waals surface area contributed by atoms with Gasteiger partial charge in [0.05, 0.1) is 18.2 Å². The van der Waals surface area contributed by atoms with Gasteiger partial charge in [0, 0.05) is 0 Å². The van der Waals surface area contributed by atoms with Gasteiger partial charge in [0.25, 0.3) is 0 Å². The highest BCUT2D eigenvalue weighted by atomic mass is 16.5. The average Bonchev–Trinajstić information content (AvgIpc) is 2.34. The van der Waals surface area contributed by atoms with Crippen molar-refractivity contribution in [2.75, 3.05) is 7.11 Å². The molecule has 0 amide bonds. The lowest BCUT2D eigenvalue weighted by atomic mass is 9.72. The molecule has 0 aromatic heterocycles. The summed E-state index contributed by atoms with van der Waals surface area (Å²) in [4.78, 5) is 14.4. The monoisotopic (exact) mass is 244 g/mol. The zero-order valence-corrected chi connectivity index (χ0v) is 9.93. The number of aromatic hydroxyl groups is 1. The third kappa shape index (κ3) is 1.73. The molecule has 0 spiro atoms. The number of isocyanates is 1. The van der Waals surface area contributed by atoms with E-state index in [9.17, 15) is 9.90 Å². The molecule has 0 bridgehead atoms. The molecule has 1 N–H and O–H groups in total. The number of phenols is 1. The zero-order valence-electron chi connectivity index (χ0n) is 9.93. The normalized spacial score (nSPS) is 16.0. The van der Waals surface area contributed by atoms with Gasteiger partial charge in [-0.1, -0.05) is 0 Å². The van der Waals surface area contributed by atoms with E-state index in [2.05, 4.69) is 4.99 Å². The predicted molar refractivity (Wildman–Crippen MR) is 63.0 cm³/mol. The maximum atomic E-state index is 10.5. The molecule has 92 valence electrons. The Balaban J connectivity index is 2.58. The van der Waals surface area contributed by atoms with Crippen LogP contribution in [0.1, 0.15) is 30.4 Å². The van der Waals surface area contributed by atoms with Crippen LogP contribution in [-0.4, -0.2) is 18.3 Å². The van der Waals surface area contributed by atoms with Crippen molar-refractivity contribution in [1.82, 2.24) is 0 Å². The minimum atomic E-state index is -0.603. The highest BCUT2D eigenvalue weighted by molar-refractivity contribution is 5.56. The van der Waals surface area contributed by atoms with E-state index >= 15 is 0 Å². The number of ether oxygens (including phenoxy) is 1. The quantitative estimate of drug-likeness (QED) is 0.651. The Morgan fingerprint density at radius 1 is 1.50 bits per heavy atom. The lowest BCUT2D eigenvalue weighted by Gasteiger charge is -2.37. The number of nitrogens with zero attached hydrogens (tertiary/aromatic N) is 2. The number of phenolic OH excluding ortho intramolecular Hbond substituents is 1. The standard InChI is InChI=1S/C13H12N2O3/c1-18-11-6-10(5-9(7-14)12(11)17)13(15-8-16)3-2-4-13/h5-6,17H,2-4H2,1H3.